The molecule has 0 spiro atoms. The van der Waals surface area contributed by atoms with Crippen LogP contribution in [0.15, 0.2) is 0 Å². The molecule has 0 atom stereocenters. The van der Waals surface area contributed by atoms with Crippen molar-refractivity contribution in [3.05, 3.63) is 0 Å². The zero-order chi connectivity index (χ0) is 15.1. The predicted octanol–water partition coefficient (Wildman–Crippen LogP) is 7.79. The zero-order valence-corrected chi connectivity index (χ0v) is 17.1. The molecule has 0 radical (unpaired) electrons. The molecule has 0 amide bonds. The van der Waals surface area contributed by atoms with Crippen molar-refractivity contribution in [3.63, 3.8) is 0 Å². The fourth-order valence-corrected chi connectivity index (χ4v) is 8.90. The minimum atomic E-state index is -1.09. The van der Waals surface area contributed by atoms with E-state index in [1.807, 2.05) is 0 Å². The summed E-state index contributed by atoms with van der Waals surface area (Å²) in [4.78, 5) is 0. The molecule has 0 aliphatic carbocycles. The third kappa shape index (κ3) is 12.6. The number of rotatable bonds is 15. The maximum atomic E-state index is 4.28. The van der Waals surface area contributed by atoms with Crippen molar-refractivity contribution in [1.82, 2.24) is 0 Å². The van der Waals surface area contributed by atoms with E-state index in [4.69, 9.17) is 0 Å². The van der Waals surface area contributed by atoms with Crippen molar-refractivity contribution in [2.24, 2.45) is 0 Å². The Bertz CT molecular complexity index is 163. The monoisotopic (exact) mass is 366 g/mol. The van der Waals surface area contributed by atoms with E-state index in [1.54, 1.807) is 0 Å². The topological polar surface area (TPSA) is 0 Å². The third-order valence-electron chi connectivity index (χ3n) is 4.44. The molecule has 0 N–H and O–H groups in total. The molecule has 0 aromatic rings. The molecule has 0 bridgehead atoms. The van der Waals surface area contributed by atoms with Crippen LogP contribution in [0.4, 0.5) is 0 Å². The van der Waals surface area contributed by atoms with Crippen LogP contribution >= 0.6 is 21.5 Å². The van der Waals surface area contributed by atoms with Gasteiger partial charge in [-0.2, -0.15) is 0 Å². The first-order chi connectivity index (χ1) is 9.68. The van der Waals surface area contributed by atoms with Gasteiger partial charge in [0.15, 0.2) is 0 Å². The van der Waals surface area contributed by atoms with Crippen molar-refractivity contribution in [3.8, 4) is 0 Å². The molecule has 0 nitrogen and oxygen atoms in total. The summed E-state index contributed by atoms with van der Waals surface area (Å²) < 4.78 is 0. The molecule has 0 rings (SSSR count). The fourth-order valence-electron chi connectivity index (χ4n) is 2.98. The van der Waals surface area contributed by atoms with Gasteiger partial charge in [-0.1, -0.05) is 0 Å². The van der Waals surface area contributed by atoms with Gasteiger partial charge in [0.1, 0.15) is 0 Å². The van der Waals surface area contributed by atoms with Gasteiger partial charge in [-0.15, -0.1) is 0 Å². The Balaban J connectivity index is 3.98. The average molecular weight is 367 g/mol. The Labute approximate surface area is 138 Å². The maximum absolute atomic E-state index is 4.28. The molecule has 0 fully saturated rings. The summed E-state index contributed by atoms with van der Waals surface area (Å²) in [7, 11) is 0. The van der Waals surface area contributed by atoms with E-state index in [0.717, 1.165) is 0 Å². The van der Waals surface area contributed by atoms with Crippen molar-refractivity contribution in [1.29, 1.82) is 0 Å². The van der Waals surface area contributed by atoms with Crippen molar-refractivity contribution >= 4 is 21.5 Å². The Hall–Kier alpha value is 0.910. The summed E-state index contributed by atoms with van der Waals surface area (Å²) >= 11 is 4.28. The molecule has 0 unspecified atom stereocenters. The molecule has 0 aliphatic heterocycles. The van der Waals surface area contributed by atoms with Gasteiger partial charge in [0.2, 0.25) is 0 Å². The molecule has 0 aromatic carbocycles. The van der Waals surface area contributed by atoms with Crippen LogP contribution in [-0.2, 0) is 0 Å². The average Bonchev–Trinajstić information content (AvgIpc) is 2.45. The van der Waals surface area contributed by atoms with Crippen LogP contribution in [0, 0.1) is 0 Å². The Morgan fingerprint density at radius 3 is 1.05 bits per heavy atom. The minimum absolute atomic E-state index is 1.09. The normalized spacial score (nSPS) is 12.8. The first-order valence-electron chi connectivity index (χ1n) is 9.37. The van der Waals surface area contributed by atoms with Crippen LogP contribution in [-0.4, -0.2) is 18.5 Å². The quantitative estimate of drug-likeness (QED) is 0.205. The van der Waals surface area contributed by atoms with E-state index in [-0.39, 0.29) is 0 Å². The summed E-state index contributed by atoms with van der Waals surface area (Å²) in [5.41, 5.74) is 0. The number of unbranched alkanes of at least 4 members (excludes halogenated alkanes) is 9. The third-order valence-corrected chi connectivity index (χ3v) is 11.8. The van der Waals surface area contributed by atoms with E-state index < -0.39 is 5.96 Å². The van der Waals surface area contributed by atoms with Gasteiger partial charge >= 0.3 is 138 Å². The van der Waals surface area contributed by atoms with E-state index in [0.29, 0.717) is 0 Å². The first-order valence-corrected chi connectivity index (χ1v) is 14.2. The molecular formula is C18H40BrP. The second-order valence-corrected chi connectivity index (χ2v) is 15.4. The predicted molar refractivity (Wildman–Crippen MR) is 104 cm³/mol. The summed E-state index contributed by atoms with van der Waals surface area (Å²) in [6.45, 7) is 6.94. The second-order valence-electron chi connectivity index (χ2n) is 6.58. The summed E-state index contributed by atoms with van der Waals surface area (Å²) in [6.07, 6.45) is 21.8. The molecular weight excluding hydrogens is 327 g/mol. The number of hydrogen-bond donors (Lipinski definition) is 0. The van der Waals surface area contributed by atoms with Crippen LogP contribution in [0.5, 0.6) is 0 Å². The van der Waals surface area contributed by atoms with Gasteiger partial charge in [0.25, 0.3) is 0 Å². The second kappa shape index (κ2) is 14.8. The molecule has 0 aromatic heterocycles. The van der Waals surface area contributed by atoms with Crippen molar-refractivity contribution in [2.75, 3.05) is 18.5 Å². The molecule has 2 heteroatoms. The molecule has 0 aliphatic rings. The van der Waals surface area contributed by atoms with Crippen LogP contribution in [0.2, 0.25) is 0 Å². The van der Waals surface area contributed by atoms with E-state index >= 15 is 0 Å². The Kier molecular flexibility index (Phi) is 15.5. The van der Waals surface area contributed by atoms with Gasteiger partial charge in [-0.05, 0) is 0 Å². The molecule has 20 heavy (non-hydrogen) atoms. The van der Waals surface area contributed by atoms with Crippen LogP contribution in [0.3, 0.4) is 0 Å². The SMILES string of the molecule is CCCCCC[PH](Br)(CCCCCC)CCCCCC. The van der Waals surface area contributed by atoms with Gasteiger partial charge in [-0.3, -0.25) is 0 Å². The summed E-state index contributed by atoms with van der Waals surface area (Å²) in [5.74, 6) is -1.09. The Morgan fingerprint density at radius 1 is 0.500 bits per heavy atom. The summed E-state index contributed by atoms with van der Waals surface area (Å²) in [6, 6.07) is 0. The van der Waals surface area contributed by atoms with Crippen molar-refractivity contribution in [2.45, 2.75) is 97.8 Å². The number of halogens is 1. The van der Waals surface area contributed by atoms with Crippen LogP contribution in [0.25, 0.3) is 0 Å². The Morgan fingerprint density at radius 2 is 0.800 bits per heavy atom. The van der Waals surface area contributed by atoms with E-state index in [1.165, 1.54) is 95.5 Å². The van der Waals surface area contributed by atoms with E-state index in [2.05, 4.69) is 36.3 Å². The van der Waals surface area contributed by atoms with Gasteiger partial charge in [-0.25, -0.2) is 0 Å². The molecule has 0 heterocycles. The number of hydrogen-bond acceptors (Lipinski definition) is 0. The summed E-state index contributed by atoms with van der Waals surface area (Å²) in [5, 5.41) is 0. The van der Waals surface area contributed by atoms with Gasteiger partial charge in [0, 0.05) is 0 Å². The van der Waals surface area contributed by atoms with Gasteiger partial charge < -0.3 is 0 Å². The van der Waals surface area contributed by atoms with Crippen molar-refractivity contribution < 1.29 is 0 Å². The molecule has 0 saturated heterocycles. The van der Waals surface area contributed by atoms with Crippen LogP contribution in [0.1, 0.15) is 97.8 Å². The standard InChI is InChI=1S/C18H40BrP/c1-4-7-10-13-16-20(19,17-14-11-8-5-2)18-15-12-9-6-3/h20H,4-18H2,1-3H3. The zero-order valence-electron chi connectivity index (χ0n) is 14.5. The first kappa shape index (κ1) is 20.9. The fraction of sp³-hybridized carbons (Fsp3) is 1.00. The molecule has 124 valence electrons. The molecule has 0 saturated carbocycles. The van der Waals surface area contributed by atoms with Crippen LogP contribution < -0.4 is 0 Å². The van der Waals surface area contributed by atoms with Gasteiger partial charge in [0.05, 0.1) is 0 Å². The van der Waals surface area contributed by atoms with E-state index in [9.17, 15) is 0 Å².